The van der Waals surface area contributed by atoms with Crippen LogP contribution in [-0.2, 0) is 0 Å². The van der Waals surface area contributed by atoms with Crippen LogP contribution in [0.5, 0.6) is 0 Å². The predicted molar refractivity (Wildman–Crippen MR) is 141 cm³/mol. The molecule has 2 aliphatic heterocycles. The van der Waals surface area contributed by atoms with Gasteiger partial charge in [0, 0.05) is 35.2 Å². The van der Waals surface area contributed by atoms with Crippen LogP contribution >= 0.6 is 11.6 Å². The van der Waals surface area contributed by atoms with Crippen molar-refractivity contribution in [1.82, 2.24) is 9.88 Å². The van der Waals surface area contributed by atoms with Crippen molar-refractivity contribution in [2.75, 3.05) is 36.8 Å². The SMILES string of the molecule is C#Cc1ccc(NC(=O)c2cc(Cl)ccc2NC(=O)c2ccc(C(N3CCC3)=[N+]3CCC3)cc2)nc1. The van der Waals surface area contributed by atoms with Crippen molar-refractivity contribution in [3.8, 4) is 12.3 Å². The third kappa shape index (κ3) is 4.95. The Balaban J connectivity index is 1.33. The lowest BCUT2D eigenvalue weighted by molar-refractivity contribution is -0.587. The van der Waals surface area contributed by atoms with Crippen LogP contribution in [0, 0.1) is 12.3 Å². The summed E-state index contributed by atoms with van der Waals surface area (Å²) in [5.74, 6) is 3.30. The van der Waals surface area contributed by atoms with Crippen LogP contribution in [0.2, 0.25) is 5.02 Å². The molecule has 2 fully saturated rings. The minimum Gasteiger partial charge on any atom is -0.321 e. The average Bonchev–Trinajstić information content (AvgIpc) is 2.83. The van der Waals surface area contributed by atoms with Gasteiger partial charge in [-0.2, -0.15) is 0 Å². The average molecular weight is 499 g/mol. The van der Waals surface area contributed by atoms with E-state index in [0.29, 0.717) is 27.7 Å². The topological polar surface area (TPSA) is 77.3 Å². The molecule has 36 heavy (non-hydrogen) atoms. The first-order valence-corrected chi connectivity index (χ1v) is 12.2. The van der Waals surface area contributed by atoms with Crippen LogP contribution < -0.4 is 10.6 Å². The van der Waals surface area contributed by atoms with Gasteiger partial charge in [0.1, 0.15) is 5.82 Å². The van der Waals surface area contributed by atoms with Crippen LogP contribution in [0.4, 0.5) is 11.5 Å². The number of halogens is 1. The van der Waals surface area contributed by atoms with Crippen molar-refractivity contribution in [2.24, 2.45) is 0 Å². The number of nitrogens with zero attached hydrogens (tertiary/aromatic N) is 3. The van der Waals surface area contributed by atoms with Gasteiger partial charge in [-0.3, -0.25) is 19.1 Å². The van der Waals surface area contributed by atoms with Crippen LogP contribution in [0.1, 0.15) is 44.7 Å². The summed E-state index contributed by atoms with van der Waals surface area (Å²) in [5.41, 5.74) is 2.79. The van der Waals surface area contributed by atoms with E-state index in [9.17, 15) is 9.59 Å². The summed E-state index contributed by atoms with van der Waals surface area (Å²) in [6.07, 6.45) is 9.26. The Bertz CT molecular complexity index is 1380. The van der Waals surface area contributed by atoms with Crippen molar-refractivity contribution in [2.45, 2.75) is 12.8 Å². The zero-order valence-corrected chi connectivity index (χ0v) is 20.4. The van der Waals surface area contributed by atoms with Crippen molar-refractivity contribution >= 4 is 40.8 Å². The van der Waals surface area contributed by atoms with E-state index >= 15 is 0 Å². The van der Waals surface area contributed by atoms with Crippen molar-refractivity contribution in [3.05, 3.63) is 88.1 Å². The lowest BCUT2D eigenvalue weighted by atomic mass is 10.1. The molecule has 0 atom stereocenters. The molecule has 5 rings (SSSR count). The first-order valence-electron chi connectivity index (χ1n) is 11.8. The van der Waals surface area contributed by atoms with E-state index in [4.69, 9.17) is 18.0 Å². The summed E-state index contributed by atoms with van der Waals surface area (Å²) < 4.78 is 2.39. The monoisotopic (exact) mass is 498 g/mol. The van der Waals surface area contributed by atoms with Crippen molar-refractivity contribution < 1.29 is 14.2 Å². The molecule has 0 aliphatic carbocycles. The Labute approximate surface area is 214 Å². The summed E-state index contributed by atoms with van der Waals surface area (Å²) in [7, 11) is 0. The van der Waals surface area contributed by atoms with E-state index in [2.05, 4.69) is 31.0 Å². The molecular weight excluding hydrogens is 474 g/mol. The van der Waals surface area contributed by atoms with E-state index in [1.54, 1.807) is 24.3 Å². The highest BCUT2D eigenvalue weighted by Crippen LogP contribution is 2.23. The Hall–Kier alpha value is -4.15. The number of likely N-dealkylation sites (tertiary alicyclic amines) is 1. The van der Waals surface area contributed by atoms with Crippen LogP contribution in [0.25, 0.3) is 0 Å². The summed E-state index contributed by atoms with van der Waals surface area (Å²) in [4.78, 5) is 32.5. The molecule has 7 nitrogen and oxygen atoms in total. The molecule has 3 heterocycles. The second kappa shape index (κ2) is 10.2. The molecule has 3 aromatic rings. The largest absolute Gasteiger partial charge is 0.321 e. The molecule has 1 aromatic heterocycles. The fourth-order valence-corrected chi connectivity index (χ4v) is 4.31. The van der Waals surface area contributed by atoms with Gasteiger partial charge >= 0.3 is 0 Å². The third-order valence-corrected chi connectivity index (χ3v) is 6.60. The molecule has 2 N–H and O–H groups in total. The van der Waals surface area contributed by atoms with Gasteiger partial charge in [0.2, 0.25) is 0 Å². The van der Waals surface area contributed by atoms with E-state index in [1.165, 1.54) is 30.9 Å². The lowest BCUT2D eigenvalue weighted by Gasteiger charge is -2.31. The number of hydrogen-bond donors (Lipinski definition) is 2. The fourth-order valence-electron chi connectivity index (χ4n) is 4.14. The number of carbonyl (C=O) groups is 2. The van der Waals surface area contributed by atoms with E-state index < -0.39 is 5.91 Å². The number of amides is 2. The van der Waals surface area contributed by atoms with Gasteiger partial charge < -0.3 is 10.6 Å². The number of terminal acetylenes is 1. The van der Waals surface area contributed by atoms with Gasteiger partial charge in [0.05, 0.1) is 43.0 Å². The summed E-state index contributed by atoms with van der Waals surface area (Å²) in [6, 6.07) is 15.6. The van der Waals surface area contributed by atoms with Gasteiger partial charge in [-0.25, -0.2) is 4.98 Å². The maximum atomic E-state index is 13.1. The van der Waals surface area contributed by atoms with Crippen LogP contribution in [0.3, 0.4) is 0 Å². The molecule has 2 saturated heterocycles. The zero-order valence-electron chi connectivity index (χ0n) is 19.6. The summed E-state index contributed by atoms with van der Waals surface area (Å²) >= 11 is 6.15. The standard InChI is InChI=1S/C28H24ClN5O2/c1-2-19-5-12-25(30-18-19)32-27(36)23-17-22(29)10-11-24(23)31-26(35)20-6-8-21(9-7-20)28(33-13-3-14-33)34-15-4-16-34/h1,5-12,17-18H,3-4,13-16H2,(H-,30,31,32,35,36)/p+1. The number of pyridine rings is 1. The number of carbonyl (C=O) groups excluding carboxylic acids is 2. The van der Waals surface area contributed by atoms with E-state index in [-0.39, 0.29) is 11.5 Å². The van der Waals surface area contributed by atoms with Crippen molar-refractivity contribution in [3.63, 3.8) is 0 Å². The second-order valence-corrected chi connectivity index (χ2v) is 9.19. The predicted octanol–water partition coefficient (Wildman–Crippen LogP) is 4.09. The summed E-state index contributed by atoms with van der Waals surface area (Å²) in [6.45, 7) is 4.27. The van der Waals surface area contributed by atoms with Crippen molar-refractivity contribution in [1.29, 1.82) is 0 Å². The van der Waals surface area contributed by atoms with Gasteiger partial charge in [-0.1, -0.05) is 17.5 Å². The molecule has 2 aliphatic rings. The highest BCUT2D eigenvalue weighted by atomic mass is 35.5. The number of benzene rings is 2. The Morgan fingerprint density at radius 3 is 2.28 bits per heavy atom. The number of hydrogen-bond acceptors (Lipinski definition) is 3. The minimum atomic E-state index is -0.451. The quantitative estimate of drug-likeness (QED) is 0.315. The molecule has 0 radical (unpaired) electrons. The molecule has 0 saturated carbocycles. The smallest absolute Gasteiger partial charge is 0.279 e. The van der Waals surface area contributed by atoms with Gasteiger partial charge in [0.15, 0.2) is 0 Å². The third-order valence-electron chi connectivity index (χ3n) is 6.36. The minimum absolute atomic E-state index is 0.224. The lowest BCUT2D eigenvalue weighted by Crippen LogP contribution is -2.49. The first kappa shape index (κ1) is 23.6. The van der Waals surface area contributed by atoms with Crippen LogP contribution in [-0.4, -0.2) is 58.3 Å². The molecular formula is C28H25ClN5O2+. The first-order chi connectivity index (χ1) is 17.5. The molecule has 0 unspecified atom stereocenters. The van der Waals surface area contributed by atoms with E-state index in [0.717, 1.165) is 31.7 Å². The molecule has 180 valence electrons. The normalized spacial score (nSPS) is 14.2. The number of nitrogens with one attached hydrogen (secondary N) is 2. The van der Waals surface area contributed by atoms with Gasteiger partial charge in [0.25, 0.3) is 17.6 Å². The summed E-state index contributed by atoms with van der Waals surface area (Å²) in [5, 5.41) is 5.93. The molecule has 2 amide bonds. The number of aromatic nitrogens is 1. The highest BCUT2D eigenvalue weighted by molar-refractivity contribution is 6.31. The zero-order chi connectivity index (χ0) is 25.1. The number of amidine groups is 1. The van der Waals surface area contributed by atoms with Crippen LogP contribution in [0.15, 0.2) is 60.8 Å². The number of anilines is 2. The molecule has 0 bridgehead atoms. The Morgan fingerprint density at radius 1 is 0.944 bits per heavy atom. The molecule has 0 spiro atoms. The Kier molecular flexibility index (Phi) is 6.70. The molecule has 2 aromatic carbocycles. The van der Waals surface area contributed by atoms with E-state index in [1.807, 2.05) is 24.3 Å². The van der Waals surface area contributed by atoms with Gasteiger partial charge in [-0.05, 0) is 54.6 Å². The Morgan fingerprint density at radius 2 is 1.69 bits per heavy atom. The highest BCUT2D eigenvalue weighted by Gasteiger charge is 2.32. The maximum Gasteiger partial charge on any atom is 0.279 e. The molecule has 8 heteroatoms. The number of rotatable bonds is 5. The van der Waals surface area contributed by atoms with Gasteiger partial charge in [-0.15, -0.1) is 6.42 Å². The second-order valence-electron chi connectivity index (χ2n) is 8.76. The fraction of sp³-hybridized carbons (Fsp3) is 0.214. The maximum absolute atomic E-state index is 13.1.